The molecule has 0 aromatic heterocycles. The molecule has 6 nitrogen and oxygen atoms in total. The summed E-state index contributed by atoms with van der Waals surface area (Å²) < 4.78 is 0. The van der Waals surface area contributed by atoms with Crippen molar-refractivity contribution in [2.75, 3.05) is 13.1 Å². The van der Waals surface area contributed by atoms with Crippen LogP contribution >= 0.6 is 0 Å². The summed E-state index contributed by atoms with van der Waals surface area (Å²) in [6, 6.07) is 9.12. The highest BCUT2D eigenvalue weighted by Gasteiger charge is 2.27. The number of carbonyl (C=O) groups is 3. The third-order valence-electron chi connectivity index (χ3n) is 5.14. The molecule has 142 valence electrons. The van der Waals surface area contributed by atoms with E-state index in [-0.39, 0.29) is 29.6 Å². The van der Waals surface area contributed by atoms with Gasteiger partial charge >= 0.3 is 0 Å². The summed E-state index contributed by atoms with van der Waals surface area (Å²) in [5.74, 6) is -0.433. The number of carbonyl (C=O) groups excluding carboxylic acids is 3. The third kappa shape index (κ3) is 5.86. The quantitative estimate of drug-likeness (QED) is 0.862. The Bertz CT molecular complexity index is 612. The summed E-state index contributed by atoms with van der Waals surface area (Å²) in [5, 5.41) is 0. The van der Waals surface area contributed by atoms with Crippen molar-refractivity contribution in [2.45, 2.75) is 44.9 Å². The fourth-order valence-corrected chi connectivity index (χ4v) is 3.54. The number of likely N-dealkylation sites (tertiary alicyclic amines) is 1. The van der Waals surface area contributed by atoms with Crippen LogP contribution in [0.25, 0.3) is 0 Å². The standard InChI is InChI=1S/C13H16N2O2.C7H13NO/c14-12(16)11-7-4-8-15(9-11)13(17)10-5-2-1-3-6-10;8-7(9)6-4-2-1-3-5-6/h1-3,5-6,11H,4,7-9H2,(H2,14,16);6H,1-5H2,(H2,8,9). The maximum absolute atomic E-state index is 12.1. The van der Waals surface area contributed by atoms with Gasteiger partial charge in [0.25, 0.3) is 5.91 Å². The van der Waals surface area contributed by atoms with Gasteiger partial charge in [-0.1, -0.05) is 37.5 Å². The smallest absolute Gasteiger partial charge is 0.253 e. The first kappa shape index (κ1) is 19.9. The Kier molecular flexibility index (Phi) is 7.63. The number of amides is 3. The molecule has 2 fully saturated rings. The van der Waals surface area contributed by atoms with Crippen LogP contribution in [0.15, 0.2) is 30.3 Å². The molecule has 0 radical (unpaired) electrons. The molecule has 6 heteroatoms. The van der Waals surface area contributed by atoms with Gasteiger partial charge in [-0.3, -0.25) is 14.4 Å². The molecule has 0 bridgehead atoms. The predicted molar refractivity (Wildman–Crippen MR) is 100 cm³/mol. The van der Waals surface area contributed by atoms with E-state index in [1.165, 1.54) is 19.3 Å². The normalized spacial score (nSPS) is 20.6. The lowest BCUT2D eigenvalue weighted by molar-refractivity contribution is -0.123. The lowest BCUT2D eigenvalue weighted by Crippen LogP contribution is -2.44. The summed E-state index contributed by atoms with van der Waals surface area (Å²) in [5.41, 5.74) is 11.1. The topological polar surface area (TPSA) is 106 Å². The van der Waals surface area contributed by atoms with Crippen molar-refractivity contribution >= 4 is 17.7 Å². The molecule has 3 rings (SSSR count). The maximum Gasteiger partial charge on any atom is 0.253 e. The molecule has 26 heavy (non-hydrogen) atoms. The number of benzene rings is 1. The second-order valence-electron chi connectivity index (χ2n) is 7.10. The Labute approximate surface area is 154 Å². The van der Waals surface area contributed by atoms with Gasteiger partial charge in [0.1, 0.15) is 0 Å². The van der Waals surface area contributed by atoms with Crippen molar-refractivity contribution in [3.05, 3.63) is 35.9 Å². The Balaban J connectivity index is 0.000000228. The van der Waals surface area contributed by atoms with Crippen LogP contribution in [0.4, 0.5) is 0 Å². The Morgan fingerprint density at radius 2 is 1.38 bits per heavy atom. The Hall–Kier alpha value is -2.37. The first-order chi connectivity index (χ1) is 12.5. The lowest BCUT2D eigenvalue weighted by atomic mass is 9.89. The molecule has 1 aliphatic heterocycles. The molecule has 4 N–H and O–H groups in total. The summed E-state index contributed by atoms with van der Waals surface area (Å²) in [4.78, 5) is 35.6. The molecule has 0 spiro atoms. The molecule has 2 aliphatic rings. The van der Waals surface area contributed by atoms with Crippen LogP contribution in [0.2, 0.25) is 0 Å². The van der Waals surface area contributed by atoms with Crippen molar-refractivity contribution in [2.24, 2.45) is 23.3 Å². The van der Waals surface area contributed by atoms with Crippen molar-refractivity contribution in [1.82, 2.24) is 4.90 Å². The van der Waals surface area contributed by atoms with E-state index in [1.54, 1.807) is 17.0 Å². The van der Waals surface area contributed by atoms with Crippen LogP contribution in [0.5, 0.6) is 0 Å². The summed E-state index contributed by atoms with van der Waals surface area (Å²) in [7, 11) is 0. The van der Waals surface area contributed by atoms with E-state index in [9.17, 15) is 14.4 Å². The molecule has 1 aromatic carbocycles. The fraction of sp³-hybridized carbons (Fsp3) is 0.550. The van der Waals surface area contributed by atoms with Gasteiger partial charge < -0.3 is 16.4 Å². The number of piperidine rings is 1. The maximum atomic E-state index is 12.1. The minimum Gasteiger partial charge on any atom is -0.369 e. The highest BCUT2D eigenvalue weighted by molar-refractivity contribution is 5.94. The van der Waals surface area contributed by atoms with Crippen LogP contribution in [0.1, 0.15) is 55.3 Å². The Morgan fingerprint density at radius 3 is 1.92 bits per heavy atom. The molecule has 3 amide bonds. The second kappa shape index (κ2) is 9.94. The van der Waals surface area contributed by atoms with Crippen molar-refractivity contribution < 1.29 is 14.4 Å². The van der Waals surface area contributed by atoms with E-state index in [0.717, 1.165) is 25.7 Å². The largest absolute Gasteiger partial charge is 0.369 e. The van der Waals surface area contributed by atoms with Crippen molar-refractivity contribution in [1.29, 1.82) is 0 Å². The first-order valence-corrected chi connectivity index (χ1v) is 9.42. The number of primary amides is 2. The molecule has 1 aromatic rings. The van der Waals surface area contributed by atoms with Crippen molar-refractivity contribution in [3.63, 3.8) is 0 Å². The summed E-state index contributed by atoms with van der Waals surface area (Å²) in [6.07, 6.45) is 7.33. The van der Waals surface area contributed by atoms with Crippen LogP contribution in [-0.2, 0) is 9.59 Å². The molecule has 1 saturated heterocycles. The van der Waals surface area contributed by atoms with Crippen LogP contribution in [0, 0.1) is 11.8 Å². The minimum atomic E-state index is -0.310. The van der Waals surface area contributed by atoms with Crippen molar-refractivity contribution in [3.8, 4) is 0 Å². The minimum absolute atomic E-state index is 0.0171. The van der Waals surface area contributed by atoms with E-state index < -0.39 is 0 Å². The molecular weight excluding hydrogens is 330 g/mol. The highest BCUT2D eigenvalue weighted by Crippen LogP contribution is 2.22. The average Bonchev–Trinajstić information content (AvgIpc) is 2.69. The van der Waals surface area contributed by atoms with E-state index in [4.69, 9.17) is 11.5 Å². The van der Waals surface area contributed by atoms with E-state index in [0.29, 0.717) is 18.7 Å². The third-order valence-corrected chi connectivity index (χ3v) is 5.14. The summed E-state index contributed by atoms with van der Waals surface area (Å²) >= 11 is 0. The highest BCUT2D eigenvalue weighted by atomic mass is 16.2. The first-order valence-electron chi connectivity index (χ1n) is 9.42. The molecule has 1 heterocycles. The number of nitrogens with zero attached hydrogens (tertiary/aromatic N) is 1. The van der Waals surface area contributed by atoms with Crippen LogP contribution in [0.3, 0.4) is 0 Å². The number of nitrogens with two attached hydrogens (primary N) is 2. The van der Waals surface area contributed by atoms with Gasteiger partial charge in [-0.05, 0) is 37.8 Å². The van der Waals surface area contributed by atoms with Gasteiger partial charge in [0.15, 0.2) is 0 Å². The van der Waals surface area contributed by atoms with Gasteiger partial charge in [-0.15, -0.1) is 0 Å². The van der Waals surface area contributed by atoms with Gasteiger partial charge in [0, 0.05) is 24.6 Å². The molecule has 1 aliphatic carbocycles. The number of hydrogen-bond donors (Lipinski definition) is 2. The van der Waals surface area contributed by atoms with E-state index in [2.05, 4.69) is 0 Å². The van der Waals surface area contributed by atoms with Crippen LogP contribution < -0.4 is 11.5 Å². The molecule has 1 saturated carbocycles. The lowest BCUT2D eigenvalue weighted by Gasteiger charge is -2.31. The second-order valence-corrected chi connectivity index (χ2v) is 7.10. The van der Waals surface area contributed by atoms with Gasteiger partial charge in [0.05, 0.1) is 5.92 Å². The molecular formula is C20H29N3O3. The van der Waals surface area contributed by atoms with Gasteiger partial charge in [-0.25, -0.2) is 0 Å². The zero-order chi connectivity index (χ0) is 18.9. The number of rotatable bonds is 3. The number of hydrogen-bond acceptors (Lipinski definition) is 3. The van der Waals surface area contributed by atoms with E-state index >= 15 is 0 Å². The van der Waals surface area contributed by atoms with E-state index in [1.807, 2.05) is 18.2 Å². The van der Waals surface area contributed by atoms with Gasteiger partial charge in [-0.2, -0.15) is 0 Å². The Morgan fingerprint density at radius 1 is 0.808 bits per heavy atom. The molecule has 1 unspecified atom stereocenters. The zero-order valence-corrected chi connectivity index (χ0v) is 15.2. The monoisotopic (exact) mass is 359 g/mol. The predicted octanol–water partition coefficient (Wildman–Crippen LogP) is 2.08. The molecule has 1 atom stereocenters. The van der Waals surface area contributed by atoms with Gasteiger partial charge in [0.2, 0.25) is 11.8 Å². The SMILES string of the molecule is NC(=O)C1CCCCC1.NC(=O)C1CCCN(C(=O)c2ccccc2)C1. The zero-order valence-electron chi connectivity index (χ0n) is 15.2. The van der Waals surface area contributed by atoms with Crippen LogP contribution in [-0.4, -0.2) is 35.7 Å². The summed E-state index contributed by atoms with van der Waals surface area (Å²) in [6.45, 7) is 1.15. The average molecular weight is 359 g/mol. The fourth-order valence-electron chi connectivity index (χ4n) is 3.54.